The summed E-state index contributed by atoms with van der Waals surface area (Å²) in [5.41, 5.74) is 0.435. The zero-order chi connectivity index (χ0) is 14.3. The van der Waals surface area contributed by atoms with Crippen LogP contribution in [0.1, 0.15) is 66.2 Å². The van der Waals surface area contributed by atoms with Crippen LogP contribution in [0, 0.1) is 17.3 Å². The lowest BCUT2D eigenvalue weighted by Gasteiger charge is -2.45. The summed E-state index contributed by atoms with van der Waals surface area (Å²) in [5, 5.41) is 3.82. The Balaban J connectivity index is 2.58. The van der Waals surface area contributed by atoms with E-state index >= 15 is 0 Å². The summed E-state index contributed by atoms with van der Waals surface area (Å²) in [6.07, 6.45) is 7.87. The highest BCUT2D eigenvalue weighted by Gasteiger charge is 2.38. The minimum atomic E-state index is 0.435. The van der Waals surface area contributed by atoms with Crippen molar-refractivity contribution < 1.29 is 4.74 Å². The van der Waals surface area contributed by atoms with Crippen molar-refractivity contribution in [3.05, 3.63) is 0 Å². The second-order valence-corrected chi connectivity index (χ2v) is 7.17. The normalized spacial score (nSPS) is 28.6. The topological polar surface area (TPSA) is 21.3 Å². The Morgan fingerprint density at radius 3 is 2.63 bits per heavy atom. The van der Waals surface area contributed by atoms with E-state index in [0.29, 0.717) is 5.41 Å². The van der Waals surface area contributed by atoms with Crippen molar-refractivity contribution in [2.75, 3.05) is 20.3 Å². The molecule has 0 bridgehead atoms. The fourth-order valence-corrected chi connectivity index (χ4v) is 3.73. The Hall–Kier alpha value is -0.0800. The molecule has 0 saturated heterocycles. The van der Waals surface area contributed by atoms with Gasteiger partial charge in [0, 0.05) is 19.8 Å². The van der Waals surface area contributed by atoms with Crippen LogP contribution in [-0.4, -0.2) is 26.3 Å². The Kier molecular flexibility index (Phi) is 7.38. The first-order valence-corrected chi connectivity index (χ1v) is 8.23. The molecule has 0 heterocycles. The number of ether oxygens (including phenoxy) is 1. The van der Waals surface area contributed by atoms with Crippen molar-refractivity contribution in [2.45, 2.75) is 72.3 Å². The highest BCUT2D eigenvalue weighted by molar-refractivity contribution is 4.91. The Bertz CT molecular complexity index is 239. The molecular weight excluding hydrogens is 234 g/mol. The molecule has 0 aliphatic heterocycles. The molecule has 1 saturated carbocycles. The van der Waals surface area contributed by atoms with Crippen LogP contribution < -0.4 is 5.32 Å². The molecule has 3 unspecified atom stereocenters. The van der Waals surface area contributed by atoms with Crippen molar-refractivity contribution in [3.63, 3.8) is 0 Å². The summed E-state index contributed by atoms with van der Waals surface area (Å²) in [5.74, 6) is 1.72. The minimum absolute atomic E-state index is 0.435. The third-order valence-electron chi connectivity index (χ3n) is 4.94. The van der Waals surface area contributed by atoms with E-state index in [-0.39, 0.29) is 0 Å². The molecule has 0 spiro atoms. The van der Waals surface area contributed by atoms with Crippen LogP contribution >= 0.6 is 0 Å². The van der Waals surface area contributed by atoms with Crippen molar-refractivity contribution >= 4 is 0 Å². The van der Waals surface area contributed by atoms with Gasteiger partial charge in [0.25, 0.3) is 0 Å². The lowest BCUT2D eigenvalue weighted by molar-refractivity contribution is 0.0757. The maximum atomic E-state index is 5.22. The monoisotopic (exact) mass is 269 g/mol. The summed E-state index contributed by atoms with van der Waals surface area (Å²) in [7, 11) is 1.81. The van der Waals surface area contributed by atoms with Crippen LogP contribution in [-0.2, 0) is 4.74 Å². The average Bonchev–Trinajstić information content (AvgIpc) is 2.36. The molecular formula is C17H35NO. The van der Waals surface area contributed by atoms with E-state index in [0.717, 1.165) is 24.5 Å². The van der Waals surface area contributed by atoms with Crippen molar-refractivity contribution in [2.24, 2.45) is 17.3 Å². The molecule has 19 heavy (non-hydrogen) atoms. The van der Waals surface area contributed by atoms with Gasteiger partial charge in [-0.2, -0.15) is 0 Å². The number of nitrogens with one attached hydrogen (secondary N) is 1. The van der Waals surface area contributed by atoms with E-state index in [1.54, 1.807) is 7.11 Å². The predicted molar refractivity (Wildman–Crippen MR) is 83.5 cm³/mol. The van der Waals surface area contributed by atoms with Crippen LogP contribution in [0.2, 0.25) is 0 Å². The first-order chi connectivity index (χ1) is 9.01. The molecule has 0 aromatic heterocycles. The van der Waals surface area contributed by atoms with E-state index in [4.69, 9.17) is 4.74 Å². The van der Waals surface area contributed by atoms with Gasteiger partial charge >= 0.3 is 0 Å². The molecule has 0 aromatic carbocycles. The third kappa shape index (κ3) is 5.43. The Labute approximate surface area is 120 Å². The molecule has 2 heteroatoms. The van der Waals surface area contributed by atoms with Gasteiger partial charge in [-0.05, 0) is 55.9 Å². The predicted octanol–water partition coefficient (Wildman–Crippen LogP) is 4.24. The number of hydrogen-bond acceptors (Lipinski definition) is 2. The fraction of sp³-hybridized carbons (Fsp3) is 1.00. The first kappa shape index (κ1) is 17.0. The SMILES string of the molecule is CCCNC1CC(C)CCC1C(C)(C)CCCOC. The molecule has 1 fully saturated rings. The van der Waals surface area contributed by atoms with E-state index in [9.17, 15) is 0 Å². The highest BCUT2D eigenvalue weighted by Crippen LogP contribution is 2.43. The summed E-state index contributed by atoms with van der Waals surface area (Å²) < 4.78 is 5.22. The molecule has 0 radical (unpaired) electrons. The summed E-state index contributed by atoms with van der Waals surface area (Å²) in [6.45, 7) is 11.7. The van der Waals surface area contributed by atoms with E-state index in [1.165, 1.54) is 45.1 Å². The van der Waals surface area contributed by atoms with Crippen molar-refractivity contribution in [3.8, 4) is 0 Å². The second-order valence-electron chi connectivity index (χ2n) is 7.17. The third-order valence-corrected chi connectivity index (χ3v) is 4.94. The standard InChI is InChI=1S/C17H35NO/c1-6-11-18-16-13-14(2)8-9-15(16)17(3,4)10-7-12-19-5/h14-16,18H,6-13H2,1-5H3. The maximum Gasteiger partial charge on any atom is 0.0462 e. The molecule has 3 atom stereocenters. The van der Waals surface area contributed by atoms with Crippen LogP contribution in [0.5, 0.6) is 0 Å². The second kappa shape index (κ2) is 8.26. The Morgan fingerprint density at radius 2 is 2.00 bits per heavy atom. The number of hydrogen-bond donors (Lipinski definition) is 1. The smallest absolute Gasteiger partial charge is 0.0462 e. The molecule has 0 amide bonds. The van der Waals surface area contributed by atoms with Gasteiger partial charge in [-0.25, -0.2) is 0 Å². The van der Waals surface area contributed by atoms with Crippen molar-refractivity contribution in [1.29, 1.82) is 0 Å². The van der Waals surface area contributed by atoms with Gasteiger partial charge in [-0.1, -0.05) is 34.1 Å². The zero-order valence-electron chi connectivity index (χ0n) is 13.8. The quantitative estimate of drug-likeness (QED) is 0.665. The number of methoxy groups -OCH3 is 1. The van der Waals surface area contributed by atoms with Gasteiger partial charge in [0.15, 0.2) is 0 Å². The van der Waals surface area contributed by atoms with E-state index in [2.05, 4.69) is 33.0 Å². The first-order valence-electron chi connectivity index (χ1n) is 8.23. The molecule has 1 N–H and O–H groups in total. The van der Waals surface area contributed by atoms with Gasteiger partial charge in [-0.15, -0.1) is 0 Å². The Morgan fingerprint density at radius 1 is 1.26 bits per heavy atom. The van der Waals surface area contributed by atoms with Crippen molar-refractivity contribution in [1.82, 2.24) is 5.32 Å². The molecule has 0 aromatic rings. The van der Waals surface area contributed by atoms with Crippen LogP contribution in [0.15, 0.2) is 0 Å². The van der Waals surface area contributed by atoms with Crippen LogP contribution in [0.3, 0.4) is 0 Å². The number of rotatable bonds is 8. The highest BCUT2D eigenvalue weighted by atomic mass is 16.5. The van der Waals surface area contributed by atoms with Crippen LogP contribution in [0.4, 0.5) is 0 Å². The maximum absolute atomic E-state index is 5.22. The lowest BCUT2D eigenvalue weighted by Crippen LogP contribution is -2.47. The van der Waals surface area contributed by atoms with Gasteiger partial charge < -0.3 is 10.1 Å². The molecule has 2 nitrogen and oxygen atoms in total. The molecule has 1 rings (SSSR count). The molecule has 1 aliphatic carbocycles. The van der Waals surface area contributed by atoms with E-state index in [1.807, 2.05) is 0 Å². The van der Waals surface area contributed by atoms with Gasteiger partial charge in [0.1, 0.15) is 0 Å². The van der Waals surface area contributed by atoms with Gasteiger partial charge in [0.05, 0.1) is 0 Å². The fourth-order valence-electron chi connectivity index (χ4n) is 3.73. The average molecular weight is 269 g/mol. The van der Waals surface area contributed by atoms with Gasteiger partial charge in [0.2, 0.25) is 0 Å². The minimum Gasteiger partial charge on any atom is -0.385 e. The van der Waals surface area contributed by atoms with E-state index < -0.39 is 0 Å². The summed E-state index contributed by atoms with van der Waals surface area (Å²) >= 11 is 0. The molecule has 1 aliphatic rings. The largest absolute Gasteiger partial charge is 0.385 e. The van der Waals surface area contributed by atoms with Crippen LogP contribution in [0.25, 0.3) is 0 Å². The van der Waals surface area contributed by atoms with Gasteiger partial charge in [-0.3, -0.25) is 0 Å². The lowest BCUT2D eigenvalue weighted by atomic mass is 9.64. The summed E-state index contributed by atoms with van der Waals surface area (Å²) in [4.78, 5) is 0. The summed E-state index contributed by atoms with van der Waals surface area (Å²) in [6, 6.07) is 0.723. The zero-order valence-corrected chi connectivity index (χ0v) is 13.8. The molecule has 114 valence electrons.